The van der Waals surface area contributed by atoms with Crippen LogP contribution in [0.2, 0.25) is 5.02 Å². The number of methoxy groups -OCH3 is 1. The topological polar surface area (TPSA) is 71.4 Å². The maximum Gasteiger partial charge on any atom is 0.250 e. The van der Waals surface area contributed by atoms with Gasteiger partial charge in [-0.05, 0) is 105 Å². The number of amides is 1. The molecular formula is C31H32ClN5O2S. The van der Waals surface area contributed by atoms with Gasteiger partial charge in [-0.1, -0.05) is 23.7 Å². The molecule has 2 N–H and O–H groups in total. The van der Waals surface area contributed by atoms with Gasteiger partial charge in [0.05, 0.1) is 17.8 Å². The number of nitrogens with zero attached hydrogens (tertiary/aromatic N) is 3. The molecule has 2 atom stereocenters. The van der Waals surface area contributed by atoms with E-state index in [4.69, 9.17) is 33.5 Å². The summed E-state index contributed by atoms with van der Waals surface area (Å²) < 4.78 is 7.21. The normalized spacial score (nSPS) is 16.8. The van der Waals surface area contributed by atoms with Crippen molar-refractivity contribution in [1.29, 1.82) is 0 Å². The SMILES string of the molecule is COCC(=O)Nc1ccc(N2C(=S)N[C@@H](c3ccccn3)[C@H]2c2cc(C)n(-c3cccc(Cl)c3C)c2C)cc1C. The van der Waals surface area contributed by atoms with Crippen molar-refractivity contribution in [3.63, 3.8) is 0 Å². The summed E-state index contributed by atoms with van der Waals surface area (Å²) in [5, 5.41) is 7.80. The molecule has 5 rings (SSSR count). The van der Waals surface area contributed by atoms with Crippen LogP contribution in [0.4, 0.5) is 11.4 Å². The molecule has 1 amide bonds. The lowest BCUT2D eigenvalue weighted by atomic mass is 9.96. The number of halogens is 1. The van der Waals surface area contributed by atoms with Crippen LogP contribution in [-0.4, -0.2) is 34.3 Å². The number of ether oxygens (including phenoxy) is 1. The zero-order valence-corrected chi connectivity index (χ0v) is 24.7. The van der Waals surface area contributed by atoms with Crippen molar-refractivity contribution in [1.82, 2.24) is 14.9 Å². The Morgan fingerprint density at radius 1 is 1.10 bits per heavy atom. The molecule has 1 aliphatic heterocycles. The number of rotatable bonds is 7. The quantitative estimate of drug-likeness (QED) is 0.245. The monoisotopic (exact) mass is 573 g/mol. The predicted octanol–water partition coefficient (Wildman–Crippen LogP) is 6.52. The molecule has 1 fully saturated rings. The fourth-order valence-electron chi connectivity index (χ4n) is 5.50. The van der Waals surface area contributed by atoms with Crippen LogP contribution in [0, 0.1) is 27.7 Å². The van der Waals surface area contributed by atoms with E-state index in [1.807, 2.05) is 62.4 Å². The molecule has 0 saturated carbocycles. The first-order chi connectivity index (χ1) is 19.2. The third-order valence-corrected chi connectivity index (χ3v) is 8.13. The second-order valence-electron chi connectivity index (χ2n) is 10.0. The maximum atomic E-state index is 12.1. The third-order valence-electron chi connectivity index (χ3n) is 7.40. The number of nitrogens with one attached hydrogen (secondary N) is 2. The zero-order valence-electron chi connectivity index (χ0n) is 23.2. The van der Waals surface area contributed by atoms with Gasteiger partial charge in [-0.25, -0.2) is 0 Å². The first-order valence-electron chi connectivity index (χ1n) is 13.1. The van der Waals surface area contributed by atoms with E-state index >= 15 is 0 Å². The van der Waals surface area contributed by atoms with Gasteiger partial charge in [-0.2, -0.15) is 0 Å². The molecule has 9 heteroatoms. The number of pyridine rings is 1. The summed E-state index contributed by atoms with van der Waals surface area (Å²) in [6.45, 7) is 8.26. The Bertz CT molecular complexity index is 1590. The van der Waals surface area contributed by atoms with Crippen LogP contribution >= 0.6 is 23.8 Å². The Kier molecular flexibility index (Phi) is 7.94. The van der Waals surface area contributed by atoms with E-state index in [0.29, 0.717) is 5.11 Å². The lowest BCUT2D eigenvalue weighted by Gasteiger charge is -2.29. The Balaban J connectivity index is 1.63. The highest BCUT2D eigenvalue weighted by Crippen LogP contribution is 2.44. The van der Waals surface area contributed by atoms with E-state index in [0.717, 1.165) is 55.9 Å². The van der Waals surface area contributed by atoms with Crippen molar-refractivity contribution in [3.05, 3.63) is 106 Å². The maximum absolute atomic E-state index is 12.1. The number of benzene rings is 2. The highest BCUT2D eigenvalue weighted by atomic mass is 35.5. The second-order valence-corrected chi connectivity index (χ2v) is 10.8. The zero-order chi connectivity index (χ0) is 28.6. The van der Waals surface area contributed by atoms with Crippen LogP contribution in [0.15, 0.2) is 66.9 Å². The molecule has 206 valence electrons. The van der Waals surface area contributed by atoms with Crippen LogP contribution in [0.3, 0.4) is 0 Å². The fourth-order valence-corrected chi connectivity index (χ4v) is 6.02. The number of anilines is 2. The Hall–Kier alpha value is -3.72. The van der Waals surface area contributed by atoms with E-state index in [2.05, 4.69) is 46.1 Å². The van der Waals surface area contributed by atoms with Crippen LogP contribution in [0.25, 0.3) is 5.69 Å². The minimum atomic E-state index is -0.200. The highest BCUT2D eigenvalue weighted by molar-refractivity contribution is 7.80. The summed E-state index contributed by atoms with van der Waals surface area (Å²) in [4.78, 5) is 19.0. The van der Waals surface area contributed by atoms with Crippen LogP contribution in [0.5, 0.6) is 0 Å². The standard InChI is InChI=1S/C31H32ClN5O2S/c1-18-15-22(12-13-25(18)34-28(38)17-39-5)37-30(29(35-31(37)40)26-10-6-7-14-33-26)23-16-19(2)36(21(23)4)27-11-8-9-24(32)20(27)3/h6-16,29-30H,17H2,1-5H3,(H,34,38)(H,35,40)/t29-,30+/m0/s1. The largest absolute Gasteiger partial charge is 0.375 e. The summed E-state index contributed by atoms with van der Waals surface area (Å²) in [5.41, 5.74) is 8.89. The van der Waals surface area contributed by atoms with Crippen molar-refractivity contribution >= 4 is 46.2 Å². The molecule has 3 heterocycles. The van der Waals surface area contributed by atoms with Gasteiger partial charge in [0.15, 0.2) is 5.11 Å². The number of aromatic nitrogens is 2. The summed E-state index contributed by atoms with van der Waals surface area (Å²) in [7, 11) is 1.50. The molecule has 1 aliphatic rings. The summed E-state index contributed by atoms with van der Waals surface area (Å²) in [5.74, 6) is -0.200. The lowest BCUT2D eigenvalue weighted by molar-refractivity contribution is -0.119. The molecule has 0 radical (unpaired) electrons. The molecule has 0 aliphatic carbocycles. The summed E-state index contributed by atoms with van der Waals surface area (Å²) in [6.07, 6.45) is 1.81. The van der Waals surface area contributed by atoms with E-state index in [9.17, 15) is 4.79 Å². The van der Waals surface area contributed by atoms with Crippen molar-refractivity contribution < 1.29 is 9.53 Å². The average Bonchev–Trinajstić information content (AvgIpc) is 3.42. The van der Waals surface area contributed by atoms with Gasteiger partial charge < -0.3 is 24.8 Å². The Labute approximate surface area is 245 Å². The van der Waals surface area contributed by atoms with Crippen LogP contribution in [-0.2, 0) is 9.53 Å². The second kappa shape index (κ2) is 11.4. The van der Waals surface area contributed by atoms with Gasteiger partial charge in [0.25, 0.3) is 0 Å². The molecule has 7 nitrogen and oxygen atoms in total. The van der Waals surface area contributed by atoms with Gasteiger partial charge in [0.2, 0.25) is 5.91 Å². The number of thiocarbonyl (C=S) groups is 1. The van der Waals surface area contributed by atoms with Crippen molar-refractivity contribution in [3.8, 4) is 5.69 Å². The molecule has 4 aromatic rings. The van der Waals surface area contributed by atoms with Crippen LogP contribution < -0.4 is 15.5 Å². The van der Waals surface area contributed by atoms with E-state index in [1.54, 1.807) is 6.20 Å². The van der Waals surface area contributed by atoms with Gasteiger partial charge >= 0.3 is 0 Å². The van der Waals surface area contributed by atoms with Gasteiger partial charge in [-0.3, -0.25) is 9.78 Å². The first kappa shape index (κ1) is 27.8. The minimum Gasteiger partial charge on any atom is -0.375 e. The van der Waals surface area contributed by atoms with Gasteiger partial charge in [-0.15, -0.1) is 0 Å². The lowest BCUT2D eigenvalue weighted by Crippen LogP contribution is -2.29. The number of hydrogen-bond acceptors (Lipinski definition) is 4. The Morgan fingerprint density at radius 3 is 2.60 bits per heavy atom. The molecule has 40 heavy (non-hydrogen) atoms. The molecule has 1 saturated heterocycles. The predicted molar refractivity (Wildman–Crippen MR) is 165 cm³/mol. The third kappa shape index (κ3) is 5.10. The number of hydrogen-bond donors (Lipinski definition) is 2. The highest BCUT2D eigenvalue weighted by Gasteiger charge is 2.42. The van der Waals surface area contributed by atoms with E-state index in [1.165, 1.54) is 7.11 Å². The molecule has 0 unspecified atom stereocenters. The van der Waals surface area contributed by atoms with E-state index < -0.39 is 0 Å². The van der Waals surface area contributed by atoms with Crippen molar-refractivity contribution in [2.24, 2.45) is 0 Å². The number of carbonyl (C=O) groups is 1. The van der Waals surface area contributed by atoms with Crippen LogP contribution in [0.1, 0.15) is 45.9 Å². The van der Waals surface area contributed by atoms with Crippen molar-refractivity contribution in [2.45, 2.75) is 39.8 Å². The summed E-state index contributed by atoms with van der Waals surface area (Å²) >= 11 is 12.5. The molecule has 2 aromatic carbocycles. The minimum absolute atomic E-state index is 0.00311. The van der Waals surface area contributed by atoms with E-state index in [-0.39, 0.29) is 24.6 Å². The first-order valence-corrected chi connectivity index (χ1v) is 13.8. The molecule has 2 aromatic heterocycles. The number of carbonyl (C=O) groups excluding carboxylic acids is 1. The van der Waals surface area contributed by atoms with Gasteiger partial charge in [0, 0.05) is 46.8 Å². The van der Waals surface area contributed by atoms with Crippen molar-refractivity contribution in [2.75, 3.05) is 23.9 Å². The average molecular weight is 574 g/mol. The fraction of sp³-hybridized carbons (Fsp3) is 0.258. The molecule has 0 spiro atoms. The Morgan fingerprint density at radius 2 is 1.90 bits per heavy atom. The van der Waals surface area contributed by atoms with Gasteiger partial charge in [0.1, 0.15) is 6.61 Å². The molecular weight excluding hydrogens is 542 g/mol. The number of aryl methyl sites for hydroxylation is 2. The smallest absolute Gasteiger partial charge is 0.250 e. The summed E-state index contributed by atoms with van der Waals surface area (Å²) in [6, 6.07) is 19.7. The molecule has 0 bridgehead atoms.